The number of aliphatic hydroxyl groups excluding tert-OH is 2. The molecule has 3 N–H and O–H groups in total. The molecule has 2 unspecified atom stereocenters. The van der Waals surface area contributed by atoms with Crippen LogP contribution in [0, 0.1) is 0 Å². The minimum absolute atomic E-state index is 0.0140. The molecule has 0 fully saturated rings. The number of hydrogen-bond acceptors (Lipinski definition) is 5. The third-order valence-corrected chi connectivity index (χ3v) is 14.8. The summed E-state index contributed by atoms with van der Waals surface area (Å²) in [4.78, 5) is 24.4. The molecule has 0 saturated heterocycles. The normalized spacial score (nSPS) is 12.7. The van der Waals surface area contributed by atoms with Crippen molar-refractivity contribution in [1.29, 1.82) is 0 Å². The molecule has 0 bridgehead atoms. The van der Waals surface area contributed by atoms with E-state index in [1.54, 1.807) is 0 Å². The first-order valence-corrected chi connectivity index (χ1v) is 31.6. The molecule has 0 rings (SSSR count). The van der Waals surface area contributed by atoms with Crippen LogP contribution >= 0.6 is 0 Å². The minimum atomic E-state index is -0.661. The van der Waals surface area contributed by atoms with Crippen LogP contribution < -0.4 is 5.32 Å². The van der Waals surface area contributed by atoms with E-state index in [4.69, 9.17) is 4.74 Å². The highest BCUT2D eigenvalue weighted by Crippen LogP contribution is 2.18. The van der Waals surface area contributed by atoms with Gasteiger partial charge >= 0.3 is 5.97 Å². The first-order chi connectivity index (χ1) is 34.5. The van der Waals surface area contributed by atoms with Gasteiger partial charge < -0.3 is 20.3 Å². The van der Waals surface area contributed by atoms with E-state index in [2.05, 4.69) is 43.5 Å². The number of allylic oxidation sites excluding steroid dienone is 4. The lowest BCUT2D eigenvalue weighted by Crippen LogP contribution is -2.45. The maximum atomic E-state index is 12.4. The first-order valence-electron chi connectivity index (χ1n) is 31.6. The van der Waals surface area contributed by atoms with Crippen LogP contribution in [0.2, 0.25) is 0 Å². The highest BCUT2D eigenvalue weighted by molar-refractivity contribution is 5.76. The predicted octanol–water partition coefficient (Wildman–Crippen LogP) is 19.8. The molecule has 0 heterocycles. The van der Waals surface area contributed by atoms with E-state index in [0.717, 1.165) is 44.9 Å². The van der Waals surface area contributed by atoms with Crippen LogP contribution in [0.25, 0.3) is 0 Å². The Morgan fingerprint density at radius 2 is 0.714 bits per heavy atom. The molecule has 0 saturated carbocycles. The number of esters is 1. The van der Waals surface area contributed by atoms with Crippen molar-refractivity contribution in [2.75, 3.05) is 13.2 Å². The van der Waals surface area contributed by atoms with Crippen molar-refractivity contribution in [1.82, 2.24) is 5.32 Å². The number of carbonyl (C=O) groups excluding carboxylic acids is 2. The number of amides is 1. The van der Waals surface area contributed by atoms with Gasteiger partial charge in [-0.05, 0) is 57.8 Å². The molecule has 6 nitrogen and oxygen atoms in total. The van der Waals surface area contributed by atoms with Crippen molar-refractivity contribution < 1.29 is 24.5 Å². The van der Waals surface area contributed by atoms with Crippen molar-refractivity contribution >= 4 is 11.9 Å². The Balaban J connectivity index is 3.36. The van der Waals surface area contributed by atoms with Gasteiger partial charge in [0.05, 0.1) is 25.4 Å². The fraction of sp³-hybridized carbons (Fsp3) is 0.906. The lowest BCUT2D eigenvalue weighted by Gasteiger charge is -2.22. The average molecular weight is 987 g/mol. The molecule has 0 aliphatic rings. The first kappa shape index (κ1) is 68.3. The molecule has 0 spiro atoms. The van der Waals surface area contributed by atoms with E-state index >= 15 is 0 Å². The molecule has 0 aliphatic carbocycles. The number of hydrogen-bond donors (Lipinski definition) is 3. The van der Waals surface area contributed by atoms with Gasteiger partial charge in [-0.15, -0.1) is 0 Å². The molecule has 1 amide bonds. The van der Waals surface area contributed by atoms with Crippen molar-refractivity contribution in [2.24, 2.45) is 0 Å². The zero-order valence-electron chi connectivity index (χ0n) is 47.3. The summed E-state index contributed by atoms with van der Waals surface area (Å²) in [6.45, 7) is 4.95. The lowest BCUT2D eigenvalue weighted by molar-refractivity contribution is -0.143. The van der Waals surface area contributed by atoms with Crippen molar-refractivity contribution in [3.05, 3.63) is 24.3 Å². The third kappa shape index (κ3) is 55.7. The molecular formula is C64H123NO5. The summed E-state index contributed by atoms with van der Waals surface area (Å²) < 4.78 is 5.47. The maximum Gasteiger partial charge on any atom is 0.305 e. The Bertz CT molecular complexity index is 1090. The SMILES string of the molecule is CCCCCCCCCCCCCCC(=O)OCCCCCCCCCCC/C=C\C/C=C\CCCCCCCCCCCCCCCCCC(=O)NC(CO)C(O)CCCCCCCCCCCC. The molecule has 70 heavy (non-hydrogen) atoms. The topological polar surface area (TPSA) is 95.9 Å². The summed E-state index contributed by atoms with van der Waals surface area (Å²) in [5.74, 6) is -0.0208. The van der Waals surface area contributed by atoms with E-state index in [1.807, 2.05) is 0 Å². The molecular weight excluding hydrogens is 863 g/mol. The van der Waals surface area contributed by atoms with Gasteiger partial charge in [0.25, 0.3) is 0 Å². The van der Waals surface area contributed by atoms with Gasteiger partial charge in [0.1, 0.15) is 0 Å². The number of ether oxygens (including phenoxy) is 1. The minimum Gasteiger partial charge on any atom is -0.466 e. The molecule has 2 atom stereocenters. The van der Waals surface area contributed by atoms with Crippen LogP contribution in [0.3, 0.4) is 0 Å². The second-order valence-corrected chi connectivity index (χ2v) is 21.7. The third-order valence-electron chi connectivity index (χ3n) is 14.8. The van der Waals surface area contributed by atoms with E-state index in [1.165, 1.54) is 270 Å². The second-order valence-electron chi connectivity index (χ2n) is 21.7. The Hall–Kier alpha value is -1.66. The Kier molecular flexibility index (Phi) is 58.5. The number of rotatable bonds is 59. The number of aliphatic hydroxyl groups is 2. The number of carbonyl (C=O) groups is 2. The summed E-state index contributed by atoms with van der Waals surface area (Å²) in [6, 6.07) is -0.539. The monoisotopic (exact) mass is 986 g/mol. The summed E-state index contributed by atoms with van der Waals surface area (Å²) in [6.07, 6.45) is 73.5. The fourth-order valence-electron chi connectivity index (χ4n) is 9.91. The van der Waals surface area contributed by atoms with Crippen molar-refractivity contribution in [3.8, 4) is 0 Å². The molecule has 6 heteroatoms. The van der Waals surface area contributed by atoms with Gasteiger partial charge in [0.15, 0.2) is 0 Å². The zero-order chi connectivity index (χ0) is 50.7. The van der Waals surface area contributed by atoms with Gasteiger partial charge in [0.2, 0.25) is 5.91 Å². The van der Waals surface area contributed by atoms with Crippen molar-refractivity contribution in [3.63, 3.8) is 0 Å². The van der Waals surface area contributed by atoms with Gasteiger partial charge in [-0.25, -0.2) is 0 Å². The molecule has 0 aromatic carbocycles. The smallest absolute Gasteiger partial charge is 0.305 e. The van der Waals surface area contributed by atoms with E-state index in [9.17, 15) is 19.8 Å². The standard InChI is InChI=1S/C64H123NO5/c1-3-5-7-9-11-13-15-38-42-46-50-54-58-64(69)70-59-55-51-47-43-39-36-34-32-30-28-26-24-22-20-18-16-17-19-21-23-25-27-29-31-33-35-37-41-45-49-53-57-63(68)65-61(60-66)62(67)56-52-48-44-40-14-12-10-8-6-4-2/h18,20,24,26,61-62,66-67H,3-17,19,21-23,25,27-60H2,1-2H3,(H,65,68)/b20-18-,26-24-. The van der Waals surface area contributed by atoms with Crippen molar-refractivity contribution in [2.45, 2.75) is 360 Å². The van der Waals surface area contributed by atoms with Gasteiger partial charge in [-0.1, -0.05) is 301 Å². The lowest BCUT2D eigenvalue weighted by atomic mass is 10.0. The largest absolute Gasteiger partial charge is 0.466 e. The van der Waals surface area contributed by atoms with Crippen LogP contribution in [-0.4, -0.2) is 47.4 Å². The van der Waals surface area contributed by atoms with Crippen LogP contribution in [0.4, 0.5) is 0 Å². The van der Waals surface area contributed by atoms with E-state index in [0.29, 0.717) is 25.9 Å². The molecule has 0 aromatic heterocycles. The maximum absolute atomic E-state index is 12.4. The number of unbranched alkanes of at least 4 members (excludes halogenated alkanes) is 44. The molecule has 0 aliphatic heterocycles. The van der Waals surface area contributed by atoms with E-state index in [-0.39, 0.29) is 18.5 Å². The molecule has 0 radical (unpaired) electrons. The van der Waals surface area contributed by atoms with Gasteiger partial charge in [-0.3, -0.25) is 9.59 Å². The fourth-order valence-corrected chi connectivity index (χ4v) is 9.91. The quantitative estimate of drug-likeness (QED) is 0.0321. The summed E-state index contributed by atoms with van der Waals surface area (Å²) >= 11 is 0. The van der Waals surface area contributed by atoms with Crippen LogP contribution in [0.15, 0.2) is 24.3 Å². The summed E-state index contributed by atoms with van der Waals surface area (Å²) in [7, 11) is 0. The zero-order valence-corrected chi connectivity index (χ0v) is 47.3. The molecule has 414 valence electrons. The highest BCUT2D eigenvalue weighted by atomic mass is 16.5. The predicted molar refractivity (Wildman–Crippen MR) is 306 cm³/mol. The number of nitrogens with one attached hydrogen (secondary N) is 1. The Labute approximate surface area is 437 Å². The summed E-state index contributed by atoms with van der Waals surface area (Å²) in [5, 5.41) is 23.2. The van der Waals surface area contributed by atoms with Gasteiger partial charge in [-0.2, -0.15) is 0 Å². The second kappa shape index (κ2) is 59.9. The average Bonchev–Trinajstić information content (AvgIpc) is 3.36. The summed E-state index contributed by atoms with van der Waals surface area (Å²) in [5.41, 5.74) is 0. The van der Waals surface area contributed by atoms with Gasteiger partial charge in [0, 0.05) is 12.8 Å². The Morgan fingerprint density at radius 1 is 0.400 bits per heavy atom. The van der Waals surface area contributed by atoms with Crippen LogP contribution in [0.1, 0.15) is 348 Å². The van der Waals surface area contributed by atoms with E-state index < -0.39 is 12.1 Å². The molecule has 0 aromatic rings. The van der Waals surface area contributed by atoms with Crippen LogP contribution in [-0.2, 0) is 14.3 Å². The highest BCUT2D eigenvalue weighted by Gasteiger charge is 2.20. The van der Waals surface area contributed by atoms with Crippen LogP contribution in [0.5, 0.6) is 0 Å². The Morgan fingerprint density at radius 3 is 1.09 bits per heavy atom.